The van der Waals surface area contributed by atoms with Crippen LogP contribution in [-0.4, -0.2) is 74.6 Å². The van der Waals surface area contributed by atoms with Gasteiger partial charge in [-0.05, 0) is 39.4 Å². The molecule has 26 heavy (non-hydrogen) atoms. The van der Waals surface area contributed by atoms with E-state index in [4.69, 9.17) is 4.74 Å². The predicted molar refractivity (Wildman–Crippen MR) is 99.4 cm³/mol. The summed E-state index contributed by atoms with van der Waals surface area (Å²) in [5.74, 6) is 0.731. The van der Waals surface area contributed by atoms with E-state index in [0.29, 0.717) is 25.2 Å². The van der Waals surface area contributed by atoms with E-state index in [1.165, 1.54) is 0 Å². The summed E-state index contributed by atoms with van der Waals surface area (Å²) < 4.78 is 19.4. The standard InChI is InChI=1S/C18H28FN5O2/c1-20-16-12-24(10-6-15(16)19)17-11-13(3-7-21-17)22-18(25)26-14-4-8-23(2)9-5-14/h3,7,11,14-16,20H,4-6,8-10,12H2,1-2H3,(H,21,22,25)/t15-,16+/m1/s1. The minimum atomic E-state index is -0.845. The molecular weight excluding hydrogens is 337 g/mol. The number of ether oxygens (including phenoxy) is 1. The van der Waals surface area contributed by atoms with Crippen LogP contribution in [0.4, 0.5) is 20.7 Å². The molecule has 1 aromatic rings. The van der Waals surface area contributed by atoms with Gasteiger partial charge in [0.1, 0.15) is 18.1 Å². The van der Waals surface area contributed by atoms with Crippen molar-refractivity contribution < 1.29 is 13.9 Å². The van der Waals surface area contributed by atoms with Crippen molar-refractivity contribution in [3.63, 3.8) is 0 Å². The highest BCUT2D eigenvalue weighted by Gasteiger charge is 2.28. The van der Waals surface area contributed by atoms with Crippen LogP contribution in [0.2, 0.25) is 0 Å². The van der Waals surface area contributed by atoms with E-state index in [-0.39, 0.29) is 12.1 Å². The Morgan fingerprint density at radius 1 is 1.31 bits per heavy atom. The van der Waals surface area contributed by atoms with Gasteiger partial charge in [0.2, 0.25) is 0 Å². The smallest absolute Gasteiger partial charge is 0.411 e. The first-order valence-corrected chi connectivity index (χ1v) is 9.23. The molecule has 144 valence electrons. The maximum Gasteiger partial charge on any atom is 0.411 e. The molecule has 2 saturated heterocycles. The van der Waals surface area contributed by atoms with Crippen LogP contribution in [0.1, 0.15) is 19.3 Å². The molecule has 0 spiro atoms. The Morgan fingerprint density at radius 2 is 2.08 bits per heavy atom. The topological polar surface area (TPSA) is 69.7 Å². The number of anilines is 2. The number of piperidine rings is 2. The van der Waals surface area contributed by atoms with Gasteiger partial charge in [-0.15, -0.1) is 0 Å². The number of likely N-dealkylation sites (N-methyl/N-ethyl adjacent to an activating group) is 1. The molecule has 2 aliphatic heterocycles. The Labute approximate surface area is 153 Å². The molecule has 2 fully saturated rings. The second kappa shape index (κ2) is 8.64. The molecule has 0 radical (unpaired) electrons. The molecule has 0 bridgehead atoms. The molecule has 0 aliphatic carbocycles. The summed E-state index contributed by atoms with van der Waals surface area (Å²) in [6.45, 7) is 3.03. The Kier molecular flexibility index (Phi) is 6.26. The summed E-state index contributed by atoms with van der Waals surface area (Å²) in [7, 11) is 3.84. The van der Waals surface area contributed by atoms with Gasteiger partial charge in [-0.25, -0.2) is 14.2 Å². The van der Waals surface area contributed by atoms with Gasteiger partial charge in [0.05, 0.1) is 6.04 Å². The molecule has 7 nitrogen and oxygen atoms in total. The van der Waals surface area contributed by atoms with Gasteiger partial charge in [0, 0.05) is 44.1 Å². The summed E-state index contributed by atoms with van der Waals surface area (Å²) in [5.41, 5.74) is 0.635. The summed E-state index contributed by atoms with van der Waals surface area (Å²) in [6.07, 6.45) is 2.51. The average Bonchev–Trinajstić information content (AvgIpc) is 2.64. The molecule has 0 unspecified atom stereocenters. The lowest BCUT2D eigenvalue weighted by molar-refractivity contribution is 0.0662. The van der Waals surface area contributed by atoms with Gasteiger partial charge in [0.25, 0.3) is 0 Å². The number of rotatable bonds is 4. The number of pyridine rings is 1. The first kappa shape index (κ1) is 18.8. The van der Waals surface area contributed by atoms with Crippen molar-refractivity contribution in [1.29, 1.82) is 0 Å². The van der Waals surface area contributed by atoms with Gasteiger partial charge in [0.15, 0.2) is 0 Å². The van der Waals surface area contributed by atoms with E-state index in [1.54, 1.807) is 25.4 Å². The number of carbonyl (C=O) groups excluding carboxylic acids is 1. The van der Waals surface area contributed by atoms with Gasteiger partial charge in [-0.2, -0.15) is 0 Å². The summed E-state index contributed by atoms with van der Waals surface area (Å²) in [4.78, 5) is 20.8. The maximum atomic E-state index is 13.8. The SMILES string of the molecule is CN[C@H]1CN(c2cc(NC(=O)OC3CCN(C)CC3)ccn2)CC[C@H]1F. The molecule has 2 aliphatic rings. The van der Waals surface area contributed by atoms with Gasteiger partial charge < -0.3 is 19.9 Å². The van der Waals surface area contributed by atoms with Crippen LogP contribution in [0.15, 0.2) is 18.3 Å². The minimum Gasteiger partial charge on any atom is -0.446 e. The highest BCUT2D eigenvalue weighted by Crippen LogP contribution is 2.22. The Bertz CT molecular complexity index is 609. The van der Waals surface area contributed by atoms with Crippen LogP contribution >= 0.6 is 0 Å². The number of hydrogen-bond acceptors (Lipinski definition) is 6. The molecule has 3 rings (SSSR count). The number of nitrogens with zero attached hydrogens (tertiary/aromatic N) is 3. The van der Waals surface area contributed by atoms with Crippen molar-refractivity contribution in [2.24, 2.45) is 0 Å². The summed E-state index contributed by atoms with van der Waals surface area (Å²) in [6, 6.07) is 3.33. The van der Waals surface area contributed by atoms with Crippen molar-refractivity contribution in [2.75, 3.05) is 50.5 Å². The normalized spacial score (nSPS) is 25.1. The number of aromatic nitrogens is 1. The van der Waals surface area contributed by atoms with Crippen LogP contribution in [-0.2, 0) is 4.74 Å². The Morgan fingerprint density at radius 3 is 2.81 bits per heavy atom. The molecule has 2 N–H and O–H groups in total. The molecule has 8 heteroatoms. The van der Waals surface area contributed by atoms with E-state index in [0.717, 1.165) is 31.7 Å². The number of nitrogens with one attached hydrogen (secondary N) is 2. The second-order valence-electron chi connectivity index (χ2n) is 7.08. The van der Waals surface area contributed by atoms with E-state index in [2.05, 4.69) is 27.6 Å². The zero-order valence-corrected chi connectivity index (χ0v) is 15.4. The van der Waals surface area contributed by atoms with E-state index < -0.39 is 12.3 Å². The van der Waals surface area contributed by atoms with Crippen LogP contribution in [0.3, 0.4) is 0 Å². The van der Waals surface area contributed by atoms with Crippen molar-refractivity contribution in [1.82, 2.24) is 15.2 Å². The number of hydrogen-bond donors (Lipinski definition) is 2. The number of likely N-dealkylation sites (tertiary alicyclic amines) is 1. The van der Waals surface area contributed by atoms with Crippen molar-refractivity contribution in [2.45, 2.75) is 37.6 Å². The second-order valence-corrected chi connectivity index (χ2v) is 7.08. The van der Waals surface area contributed by atoms with Gasteiger partial charge in [-0.1, -0.05) is 0 Å². The van der Waals surface area contributed by atoms with E-state index >= 15 is 0 Å². The largest absolute Gasteiger partial charge is 0.446 e. The van der Waals surface area contributed by atoms with Crippen LogP contribution < -0.4 is 15.5 Å². The van der Waals surface area contributed by atoms with Crippen molar-refractivity contribution in [3.05, 3.63) is 18.3 Å². The number of halogens is 1. The molecule has 1 amide bonds. The van der Waals surface area contributed by atoms with Gasteiger partial charge >= 0.3 is 6.09 Å². The number of alkyl halides is 1. The lowest BCUT2D eigenvalue weighted by Crippen LogP contribution is -2.51. The molecule has 3 heterocycles. The number of amides is 1. The summed E-state index contributed by atoms with van der Waals surface area (Å²) in [5, 5.41) is 5.79. The molecule has 0 aromatic carbocycles. The fourth-order valence-electron chi connectivity index (χ4n) is 3.47. The first-order valence-electron chi connectivity index (χ1n) is 9.23. The summed E-state index contributed by atoms with van der Waals surface area (Å²) >= 11 is 0. The third-order valence-electron chi connectivity index (χ3n) is 5.15. The first-order chi connectivity index (χ1) is 12.5. The Balaban J connectivity index is 1.56. The van der Waals surface area contributed by atoms with Crippen molar-refractivity contribution in [3.8, 4) is 0 Å². The highest BCUT2D eigenvalue weighted by molar-refractivity contribution is 5.85. The fraction of sp³-hybridized carbons (Fsp3) is 0.667. The molecule has 1 aromatic heterocycles. The molecule has 0 saturated carbocycles. The van der Waals surface area contributed by atoms with Gasteiger partial charge in [-0.3, -0.25) is 5.32 Å². The quantitative estimate of drug-likeness (QED) is 0.849. The average molecular weight is 365 g/mol. The lowest BCUT2D eigenvalue weighted by atomic mass is 10.0. The highest BCUT2D eigenvalue weighted by atomic mass is 19.1. The van der Waals surface area contributed by atoms with E-state index in [1.807, 2.05) is 4.90 Å². The third kappa shape index (κ3) is 4.82. The molecule has 2 atom stereocenters. The zero-order chi connectivity index (χ0) is 18.5. The minimum absolute atomic E-state index is 0.0347. The van der Waals surface area contributed by atoms with Crippen molar-refractivity contribution >= 4 is 17.6 Å². The monoisotopic (exact) mass is 365 g/mol. The fourth-order valence-corrected chi connectivity index (χ4v) is 3.47. The molecular formula is C18H28FN5O2. The van der Waals surface area contributed by atoms with Crippen LogP contribution in [0.5, 0.6) is 0 Å². The predicted octanol–water partition coefficient (Wildman–Crippen LogP) is 1.86. The third-order valence-corrected chi connectivity index (χ3v) is 5.15. The lowest BCUT2D eigenvalue weighted by Gasteiger charge is -2.35. The van der Waals surface area contributed by atoms with E-state index in [9.17, 15) is 9.18 Å². The van der Waals surface area contributed by atoms with Crippen LogP contribution in [0, 0.1) is 0 Å². The number of carbonyl (C=O) groups is 1. The Hall–Kier alpha value is -1.93. The maximum absolute atomic E-state index is 13.8. The zero-order valence-electron chi connectivity index (χ0n) is 15.4. The van der Waals surface area contributed by atoms with Crippen LogP contribution in [0.25, 0.3) is 0 Å².